The summed E-state index contributed by atoms with van der Waals surface area (Å²) in [7, 11) is 3.25. The van der Waals surface area contributed by atoms with E-state index in [0.29, 0.717) is 12.5 Å². The van der Waals surface area contributed by atoms with Crippen LogP contribution in [0.15, 0.2) is 53.5 Å². The number of nitrogens with one attached hydrogen (secondary N) is 1. The van der Waals surface area contributed by atoms with Gasteiger partial charge in [0.2, 0.25) is 0 Å². The van der Waals surface area contributed by atoms with Crippen molar-refractivity contribution in [2.45, 2.75) is 18.9 Å². The molecule has 0 spiro atoms. The molecule has 1 N–H and O–H groups in total. The van der Waals surface area contributed by atoms with E-state index in [1.807, 2.05) is 12.1 Å². The van der Waals surface area contributed by atoms with Gasteiger partial charge >= 0.3 is 0 Å². The summed E-state index contributed by atoms with van der Waals surface area (Å²) < 4.78 is 18.8. The van der Waals surface area contributed by atoms with E-state index in [9.17, 15) is 4.39 Å². The molecule has 1 aliphatic rings. The van der Waals surface area contributed by atoms with Gasteiger partial charge in [-0.2, -0.15) is 0 Å². The molecule has 1 heterocycles. The van der Waals surface area contributed by atoms with Gasteiger partial charge < -0.3 is 15.0 Å². The molecule has 3 rings (SSSR count). The van der Waals surface area contributed by atoms with Crippen LogP contribution in [0.2, 0.25) is 0 Å². The van der Waals surface area contributed by atoms with Gasteiger partial charge in [-0.3, -0.25) is 4.99 Å². The Balaban J connectivity index is 0.00000243. The molecule has 1 fully saturated rings. The van der Waals surface area contributed by atoms with E-state index in [2.05, 4.69) is 39.5 Å². The Bertz CT molecular complexity index is 739. The fraction of sp³-hybridized carbons (Fsp3) is 0.350. The zero-order chi connectivity index (χ0) is 17.6. The predicted molar refractivity (Wildman–Crippen MR) is 114 cm³/mol. The fourth-order valence-electron chi connectivity index (χ4n) is 3.28. The molecule has 6 heteroatoms. The Kier molecular flexibility index (Phi) is 7.68. The van der Waals surface area contributed by atoms with Crippen molar-refractivity contribution in [1.82, 2.24) is 10.2 Å². The summed E-state index contributed by atoms with van der Waals surface area (Å²) in [5.74, 6) is 1.30. The van der Waals surface area contributed by atoms with Crippen LogP contribution in [0.4, 0.5) is 4.39 Å². The molecule has 0 aliphatic carbocycles. The molecule has 2 aromatic carbocycles. The number of methoxy groups -OCH3 is 1. The molecule has 0 bridgehead atoms. The average molecular weight is 469 g/mol. The lowest BCUT2D eigenvalue weighted by atomic mass is 9.99. The maximum atomic E-state index is 13.8. The van der Waals surface area contributed by atoms with Crippen molar-refractivity contribution >= 4 is 29.9 Å². The smallest absolute Gasteiger partial charge is 0.193 e. The van der Waals surface area contributed by atoms with Crippen LogP contribution in [0.25, 0.3) is 0 Å². The standard InChI is InChI=1S/C20H24FN3O.HI/c1-22-20(23-13-15-8-9-19(25-2)18(21)12-15)24-11-10-17(14-24)16-6-4-3-5-7-16;/h3-9,12,17H,10-11,13-14H2,1-2H3,(H,22,23);1H. The minimum atomic E-state index is -0.345. The van der Waals surface area contributed by atoms with Crippen molar-refractivity contribution in [3.8, 4) is 5.75 Å². The van der Waals surface area contributed by atoms with Crippen LogP contribution in [0, 0.1) is 5.82 Å². The molecule has 1 aliphatic heterocycles. The normalized spacial score (nSPS) is 17.0. The second kappa shape index (κ2) is 9.75. The third-order valence-corrected chi connectivity index (χ3v) is 4.64. The highest BCUT2D eigenvalue weighted by atomic mass is 127. The second-order valence-electron chi connectivity index (χ2n) is 6.21. The Labute approximate surface area is 171 Å². The van der Waals surface area contributed by atoms with Gasteiger partial charge in [-0.05, 0) is 29.7 Å². The Morgan fingerprint density at radius 1 is 1.27 bits per heavy atom. The molecule has 1 unspecified atom stereocenters. The number of nitrogens with zero attached hydrogens (tertiary/aromatic N) is 2. The first kappa shape index (κ1) is 20.5. The predicted octanol–water partition coefficient (Wildman–Crippen LogP) is 4.02. The summed E-state index contributed by atoms with van der Waals surface area (Å²) in [4.78, 5) is 6.64. The number of rotatable bonds is 4. The van der Waals surface area contributed by atoms with Crippen LogP contribution in [0.3, 0.4) is 0 Å². The van der Waals surface area contributed by atoms with Crippen LogP contribution >= 0.6 is 24.0 Å². The third-order valence-electron chi connectivity index (χ3n) is 4.64. The number of aliphatic imine (C=N–C) groups is 1. The van der Waals surface area contributed by atoms with E-state index in [-0.39, 0.29) is 35.5 Å². The maximum Gasteiger partial charge on any atom is 0.193 e. The minimum Gasteiger partial charge on any atom is -0.494 e. The lowest BCUT2D eigenvalue weighted by molar-refractivity contribution is 0.386. The maximum absolute atomic E-state index is 13.8. The molecule has 1 saturated heterocycles. The highest BCUT2D eigenvalue weighted by molar-refractivity contribution is 14.0. The highest BCUT2D eigenvalue weighted by Gasteiger charge is 2.25. The van der Waals surface area contributed by atoms with Gasteiger partial charge in [-0.15, -0.1) is 24.0 Å². The number of hydrogen-bond donors (Lipinski definition) is 1. The van der Waals surface area contributed by atoms with Gasteiger partial charge in [0.05, 0.1) is 7.11 Å². The van der Waals surface area contributed by atoms with E-state index >= 15 is 0 Å². The van der Waals surface area contributed by atoms with Crippen LogP contribution in [0.5, 0.6) is 5.75 Å². The van der Waals surface area contributed by atoms with Crippen LogP contribution in [0.1, 0.15) is 23.5 Å². The molecule has 0 radical (unpaired) electrons. The van der Waals surface area contributed by atoms with Gasteiger partial charge in [0.1, 0.15) is 0 Å². The van der Waals surface area contributed by atoms with Gasteiger partial charge in [-0.1, -0.05) is 36.4 Å². The number of likely N-dealkylation sites (tertiary alicyclic amines) is 1. The Morgan fingerprint density at radius 2 is 2.04 bits per heavy atom. The van der Waals surface area contributed by atoms with Gasteiger partial charge in [0.25, 0.3) is 0 Å². The third kappa shape index (κ3) is 4.87. The van der Waals surface area contributed by atoms with Gasteiger partial charge in [0.15, 0.2) is 17.5 Å². The molecule has 0 amide bonds. The molecule has 0 aromatic heterocycles. The van der Waals surface area contributed by atoms with Crippen LogP contribution in [-0.4, -0.2) is 38.1 Å². The molecular formula is C20H25FIN3O. The summed E-state index contributed by atoms with van der Waals surface area (Å²) in [6, 6.07) is 15.6. The first-order valence-corrected chi connectivity index (χ1v) is 8.54. The minimum absolute atomic E-state index is 0. The van der Waals surface area contributed by atoms with Crippen molar-refractivity contribution in [3.63, 3.8) is 0 Å². The fourth-order valence-corrected chi connectivity index (χ4v) is 3.28. The second-order valence-corrected chi connectivity index (χ2v) is 6.21. The van der Waals surface area contributed by atoms with Crippen molar-refractivity contribution in [3.05, 3.63) is 65.5 Å². The van der Waals surface area contributed by atoms with Crippen molar-refractivity contribution < 1.29 is 9.13 Å². The van der Waals surface area contributed by atoms with Crippen molar-refractivity contribution in [2.24, 2.45) is 4.99 Å². The topological polar surface area (TPSA) is 36.9 Å². The molecule has 1 atom stereocenters. The zero-order valence-electron chi connectivity index (χ0n) is 15.1. The highest BCUT2D eigenvalue weighted by Crippen LogP contribution is 2.27. The first-order valence-electron chi connectivity index (χ1n) is 8.54. The quantitative estimate of drug-likeness (QED) is 0.418. The monoisotopic (exact) mass is 469 g/mol. The number of hydrogen-bond acceptors (Lipinski definition) is 2. The van der Waals surface area contributed by atoms with E-state index < -0.39 is 0 Å². The van der Waals surface area contributed by atoms with E-state index in [1.54, 1.807) is 13.1 Å². The average Bonchev–Trinajstić information content (AvgIpc) is 3.13. The molecule has 26 heavy (non-hydrogen) atoms. The molecule has 2 aromatic rings. The first-order chi connectivity index (χ1) is 12.2. The summed E-state index contributed by atoms with van der Waals surface area (Å²) in [5, 5.41) is 3.33. The number of benzene rings is 2. The number of halogens is 2. The summed E-state index contributed by atoms with van der Waals surface area (Å²) in [6.07, 6.45) is 1.11. The molecule has 4 nitrogen and oxygen atoms in total. The van der Waals surface area contributed by atoms with E-state index in [1.165, 1.54) is 18.7 Å². The van der Waals surface area contributed by atoms with E-state index in [0.717, 1.165) is 31.0 Å². The molecule has 0 saturated carbocycles. The van der Waals surface area contributed by atoms with Gasteiger partial charge in [0, 0.05) is 32.6 Å². The summed E-state index contributed by atoms with van der Waals surface area (Å²) in [5.41, 5.74) is 2.23. The Hall–Kier alpha value is -1.83. The lowest BCUT2D eigenvalue weighted by Gasteiger charge is -2.22. The number of guanidine groups is 1. The van der Waals surface area contributed by atoms with Crippen molar-refractivity contribution in [2.75, 3.05) is 27.2 Å². The summed E-state index contributed by atoms with van der Waals surface area (Å²) in [6.45, 7) is 2.44. The van der Waals surface area contributed by atoms with Crippen LogP contribution in [-0.2, 0) is 6.54 Å². The SMILES string of the molecule is CN=C(NCc1ccc(OC)c(F)c1)N1CCC(c2ccccc2)C1.I. The lowest BCUT2D eigenvalue weighted by Crippen LogP contribution is -2.39. The summed E-state index contributed by atoms with van der Waals surface area (Å²) >= 11 is 0. The van der Waals surface area contributed by atoms with Crippen LogP contribution < -0.4 is 10.1 Å². The largest absolute Gasteiger partial charge is 0.494 e. The Morgan fingerprint density at radius 3 is 2.69 bits per heavy atom. The number of ether oxygens (including phenoxy) is 1. The zero-order valence-corrected chi connectivity index (χ0v) is 17.4. The van der Waals surface area contributed by atoms with Gasteiger partial charge in [-0.25, -0.2) is 4.39 Å². The van der Waals surface area contributed by atoms with E-state index in [4.69, 9.17) is 4.74 Å². The molecule has 140 valence electrons. The molecular weight excluding hydrogens is 444 g/mol. The van der Waals surface area contributed by atoms with Crippen molar-refractivity contribution in [1.29, 1.82) is 0 Å².